The zero-order chi connectivity index (χ0) is 10.4. The summed E-state index contributed by atoms with van der Waals surface area (Å²) in [4.78, 5) is 0. The fraction of sp³-hybridized carbons (Fsp3) is 0.143. The van der Waals surface area contributed by atoms with Crippen molar-refractivity contribution >= 4 is 5.57 Å². The van der Waals surface area contributed by atoms with Crippen molar-refractivity contribution in [1.29, 1.82) is 0 Å². The topological polar surface area (TPSA) is 0 Å². The van der Waals surface area contributed by atoms with Crippen molar-refractivity contribution < 1.29 is 0 Å². The molecule has 72 valence electrons. The van der Waals surface area contributed by atoms with E-state index in [9.17, 15) is 0 Å². The molecule has 1 rings (SSSR count). The molecule has 0 atom stereocenters. The van der Waals surface area contributed by atoms with Crippen LogP contribution in [0.2, 0.25) is 0 Å². The van der Waals surface area contributed by atoms with E-state index in [1.807, 2.05) is 12.2 Å². The summed E-state index contributed by atoms with van der Waals surface area (Å²) in [6.07, 6.45) is 6.87. The van der Waals surface area contributed by atoms with Gasteiger partial charge in [0.2, 0.25) is 0 Å². The SMILES string of the molecule is C=CC/C=C\C(=C)c1ccc(C)cc1. The van der Waals surface area contributed by atoms with Gasteiger partial charge in [-0.3, -0.25) is 0 Å². The summed E-state index contributed by atoms with van der Waals surface area (Å²) in [5.74, 6) is 0. The van der Waals surface area contributed by atoms with Gasteiger partial charge in [0, 0.05) is 0 Å². The zero-order valence-corrected chi connectivity index (χ0v) is 8.66. The first-order chi connectivity index (χ1) is 6.74. The lowest BCUT2D eigenvalue weighted by molar-refractivity contribution is 1.40. The van der Waals surface area contributed by atoms with Gasteiger partial charge >= 0.3 is 0 Å². The molecule has 0 saturated carbocycles. The molecule has 0 radical (unpaired) electrons. The van der Waals surface area contributed by atoms with E-state index in [0.717, 1.165) is 12.0 Å². The summed E-state index contributed by atoms with van der Waals surface area (Å²) >= 11 is 0. The van der Waals surface area contributed by atoms with Crippen LogP contribution in [0.15, 0.2) is 55.7 Å². The monoisotopic (exact) mass is 184 g/mol. The molecule has 1 aromatic carbocycles. The van der Waals surface area contributed by atoms with Gasteiger partial charge in [0.25, 0.3) is 0 Å². The fourth-order valence-electron chi connectivity index (χ4n) is 1.17. The molecule has 0 heteroatoms. The third-order valence-corrected chi connectivity index (χ3v) is 2.04. The minimum Gasteiger partial charge on any atom is -0.103 e. The van der Waals surface area contributed by atoms with E-state index >= 15 is 0 Å². The van der Waals surface area contributed by atoms with Gasteiger partial charge in [-0.15, -0.1) is 6.58 Å². The molecule has 1 aromatic rings. The van der Waals surface area contributed by atoms with E-state index in [1.165, 1.54) is 11.1 Å². The van der Waals surface area contributed by atoms with Crippen LogP contribution in [0.1, 0.15) is 17.5 Å². The first kappa shape index (κ1) is 10.5. The van der Waals surface area contributed by atoms with Gasteiger partial charge < -0.3 is 0 Å². The quantitative estimate of drug-likeness (QED) is 0.487. The van der Waals surface area contributed by atoms with Crippen LogP contribution < -0.4 is 0 Å². The molecule has 14 heavy (non-hydrogen) atoms. The Balaban J connectivity index is 2.70. The van der Waals surface area contributed by atoms with Crippen molar-refractivity contribution in [1.82, 2.24) is 0 Å². The molecule has 0 nitrogen and oxygen atoms in total. The lowest BCUT2D eigenvalue weighted by Crippen LogP contribution is -1.79. The number of benzene rings is 1. The van der Waals surface area contributed by atoms with Gasteiger partial charge in [-0.05, 0) is 24.5 Å². The molecular formula is C14H16. The third-order valence-electron chi connectivity index (χ3n) is 2.04. The van der Waals surface area contributed by atoms with E-state index in [-0.39, 0.29) is 0 Å². The maximum absolute atomic E-state index is 4.01. The predicted octanol–water partition coefficient (Wildman–Crippen LogP) is 4.14. The van der Waals surface area contributed by atoms with Gasteiger partial charge in [-0.2, -0.15) is 0 Å². The van der Waals surface area contributed by atoms with E-state index < -0.39 is 0 Å². The second kappa shape index (κ2) is 5.23. The van der Waals surface area contributed by atoms with Crippen LogP contribution in [0, 0.1) is 6.92 Å². The van der Waals surface area contributed by atoms with Crippen LogP contribution in [0.4, 0.5) is 0 Å². The number of aryl methyl sites for hydroxylation is 1. The Morgan fingerprint density at radius 1 is 1.29 bits per heavy atom. The molecule has 0 heterocycles. The van der Waals surface area contributed by atoms with Crippen LogP contribution in [0.3, 0.4) is 0 Å². The third kappa shape index (κ3) is 3.06. The van der Waals surface area contributed by atoms with E-state index in [0.29, 0.717) is 0 Å². The van der Waals surface area contributed by atoms with Crippen LogP contribution in [-0.4, -0.2) is 0 Å². The highest BCUT2D eigenvalue weighted by Gasteiger charge is 1.92. The Bertz CT molecular complexity index is 339. The Morgan fingerprint density at radius 3 is 2.50 bits per heavy atom. The summed E-state index contributed by atoms with van der Waals surface area (Å²) in [6.45, 7) is 9.75. The molecule has 0 saturated heterocycles. The van der Waals surface area contributed by atoms with Crippen LogP contribution >= 0.6 is 0 Å². The first-order valence-corrected chi connectivity index (χ1v) is 4.77. The number of rotatable bonds is 4. The zero-order valence-electron chi connectivity index (χ0n) is 8.66. The summed E-state index contributed by atoms with van der Waals surface area (Å²) < 4.78 is 0. The first-order valence-electron chi connectivity index (χ1n) is 4.77. The summed E-state index contributed by atoms with van der Waals surface area (Å²) in [5, 5.41) is 0. The molecular weight excluding hydrogens is 168 g/mol. The molecule has 0 spiro atoms. The molecule has 0 aliphatic heterocycles. The lowest BCUT2D eigenvalue weighted by Gasteiger charge is -2.00. The fourth-order valence-corrected chi connectivity index (χ4v) is 1.17. The minimum atomic E-state index is 0.894. The normalized spacial score (nSPS) is 10.4. The van der Waals surface area contributed by atoms with Crippen LogP contribution in [0.5, 0.6) is 0 Å². The number of hydrogen-bond acceptors (Lipinski definition) is 0. The van der Waals surface area contributed by atoms with Crippen LogP contribution in [0.25, 0.3) is 5.57 Å². The summed E-state index contributed by atoms with van der Waals surface area (Å²) in [5.41, 5.74) is 3.50. The van der Waals surface area contributed by atoms with Gasteiger partial charge in [0.1, 0.15) is 0 Å². The van der Waals surface area contributed by atoms with E-state index in [4.69, 9.17) is 0 Å². The molecule has 0 N–H and O–H groups in total. The second-order valence-corrected chi connectivity index (χ2v) is 3.32. The minimum absolute atomic E-state index is 0.894. The summed E-state index contributed by atoms with van der Waals surface area (Å²) in [7, 11) is 0. The van der Waals surface area contributed by atoms with Crippen molar-refractivity contribution in [3.8, 4) is 0 Å². The number of hydrogen-bond donors (Lipinski definition) is 0. The molecule has 0 bridgehead atoms. The molecule has 0 aliphatic rings. The molecule has 0 aromatic heterocycles. The predicted molar refractivity (Wildman–Crippen MR) is 64.2 cm³/mol. The van der Waals surface area contributed by atoms with Crippen molar-refractivity contribution in [2.24, 2.45) is 0 Å². The lowest BCUT2D eigenvalue weighted by atomic mass is 10.1. The smallest absolute Gasteiger partial charge is 0.0169 e. The second-order valence-electron chi connectivity index (χ2n) is 3.32. The highest BCUT2D eigenvalue weighted by molar-refractivity contribution is 5.71. The van der Waals surface area contributed by atoms with Gasteiger partial charge in [-0.1, -0.05) is 54.6 Å². The molecule has 0 aliphatic carbocycles. The Hall–Kier alpha value is -1.56. The maximum Gasteiger partial charge on any atom is -0.0169 e. The van der Waals surface area contributed by atoms with Gasteiger partial charge in [0.05, 0.1) is 0 Å². The largest absolute Gasteiger partial charge is 0.103 e. The standard InChI is InChI=1S/C14H16/c1-4-5-6-7-13(3)14-10-8-12(2)9-11-14/h4,6-11H,1,3,5H2,2H3/b7-6-. The van der Waals surface area contributed by atoms with E-state index in [2.05, 4.69) is 50.4 Å². The van der Waals surface area contributed by atoms with E-state index in [1.54, 1.807) is 0 Å². The maximum atomic E-state index is 4.01. The van der Waals surface area contributed by atoms with Gasteiger partial charge in [-0.25, -0.2) is 0 Å². The highest BCUT2D eigenvalue weighted by Crippen LogP contribution is 2.14. The van der Waals surface area contributed by atoms with Crippen LogP contribution in [-0.2, 0) is 0 Å². The Morgan fingerprint density at radius 2 is 1.93 bits per heavy atom. The molecule has 0 unspecified atom stereocenters. The molecule has 0 fully saturated rings. The van der Waals surface area contributed by atoms with Crippen molar-refractivity contribution in [3.05, 3.63) is 66.8 Å². The van der Waals surface area contributed by atoms with Crippen molar-refractivity contribution in [3.63, 3.8) is 0 Å². The summed E-state index contributed by atoms with van der Waals surface area (Å²) in [6, 6.07) is 8.38. The average Bonchev–Trinajstić information content (AvgIpc) is 2.19. The van der Waals surface area contributed by atoms with Gasteiger partial charge in [0.15, 0.2) is 0 Å². The Kier molecular flexibility index (Phi) is 3.93. The van der Waals surface area contributed by atoms with Crippen molar-refractivity contribution in [2.45, 2.75) is 13.3 Å². The number of allylic oxidation sites excluding steroid dienone is 4. The Labute approximate surface area is 86.3 Å². The highest BCUT2D eigenvalue weighted by atomic mass is 14.0. The van der Waals surface area contributed by atoms with Crippen molar-refractivity contribution in [2.75, 3.05) is 0 Å². The molecule has 0 amide bonds. The average molecular weight is 184 g/mol.